The molecule has 1 amide bonds. The molecule has 1 N–H and O–H groups in total. The van der Waals surface area contributed by atoms with Gasteiger partial charge in [0.15, 0.2) is 0 Å². The quantitative estimate of drug-likeness (QED) is 0.469. The van der Waals surface area contributed by atoms with Gasteiger partial charge in [0, 0.05) is 23.9 Å². The summed E-state index contributed by atoms with van der Waals surface area (Å²) < 4.78 is 5.82. The van der Waals surface area contributed by atoms with E-state index < -0.39 is 0 Å². The zero-order valence-electron chi connectivity index (χ0n) is 10.6. The molecule has 1 rings (SSSR count). The maximum Gasteiger partial charge on any atom is 0.305 e. The maximum atomic E-state index is 11.5. The number of nitrogens with one attached hydrogen (secondary N) is 1. The van der Waals surface area contributed by atoms with Crippen LogP contribution in [0.25, 0.3) is 6.08 Å². The first-order valence-electron chi connectivity index (χ1n) is 5.98. The van der Waals surface area contributed by atoms with Crippen LogP contribution >= 0.6 is 27.3 Å². The molecule has 0 aliphatic heterocycles. The molecule has 0 spiro atoms. The Kier molecular flexibility index (Phi) is 7.43. The highest BCUT2D eigenvalue weighted by Crippen LogP contribution is 2.22. The average molecular weight is 346 g/mol. The van der Waals surface area contributed by atoms with Crippen LogP contribution < -0.4 is 5.32 Å². The van der Waals surface area contributed by atoms with Crippen LogP contribution in [0, 0.1) is 0 Å². The molecule has 0 aliphatic rings. The summed E-state index contributed by atoms with van der Waals surface area (Å²) in [5.74, 6) is -0.385. The monoisotopic (exact) mass is 345 g/mol. The van der Waals surface area contributed by atoms with E-state index in [2.05, 4.69) is 21.2 Å². The molecule has 0 saturated heterocycles. The van der Waals surface area contributed by atoms with Gasteiger partial charge in [-0.15, -0.1) is 11.3 Å². The summed E-state index contributed by atoms with van der Waals surface area (Å²) in [6, 6.07) is 3.86. The molecule has 0 atom stereocenters. The van der Waals surface area contributed by atoms with Crippen LogP contribution in [-0.4, -0.2) is 25.0 Å². The van der Waals surface area contributed by atoms with Gasteiger partial charge in [0.2, 0.25) is 5.91 Å². The second-order valence-corrected chi connectivity index (χ2v) is 6.17. The van der Waals surface area contributed by atoms with Crippen molar-refractivity contribution in [3.05, 3.63) is 26.9 Å². The highest BCUT2D eigenvalue weighted by molar-refractivity contribution is 9.11. The second kappa shape index (κ2) is 8.87. The van der Waals surface area contributed by atoms with E-state index in [1.807, 2.05) is 12.1 Å². The van der Waals surface area contributed by atoms with Gasteiger partial charge in [0.1, 0.15) is 0 Å². The number of carbonyl (C=O) groups excluding carboxylic acids is 2. The lowest BCUT2D eigenvalue weighted by atomic mass is 10.3. The van der Waals surface area contributed by atoms with Gasteiger partial charge < -0.3 is 10.1 Å². The second-order valence-electron chi connectivity index (χ2n) is 3.67. The zero-order valence-corrected chi connectivity index (χ0v) is 13.1. The number of esters is 1. The van der Waals surface area contributed by atoms with Gasteiger partial charge in [-0.3, -0.25) is 9.59 Å². The molecule has 0 radical (unpaired) electrons. The lowest BCUT2D eigenvalue weighted by molar-refractivity contribution is -0.143. The summed E-state index contributed by atoms with van der Waals surface area (Å²) in [5.41, 5.74) is 0. The first kappa shape index (κ1) is 15.9. The van der Waals surface area contributed by atoms with Gasteiger partial charge in [-0.2, -0.15) is 0 Å². The van der Waals surface area contributed by atoms with E-state index in [0.29, 0.717) is 26.0 Å². The van der Waals surface area contributed by atoms with E-state index in [4.69, 9.17) is 4.74 Å². The summed E-state index contributed by atoms with van der Waals surface area (Å²) in [6.45, 7) is 2.63. The van der Waals surface area contributed by atoms with Crippen molar-refractivity contribution in [2.24, 2.45) is 0 Å². The van der Waals surface area contributed by atoms with Crippen LogP contribution in [-0.2, 0) is 14.3 Å². The third-order valence-corrected chi connectivity index (χ3v) is 3.74. The number of carbonyl (C=O) groups is 2. The molecule has 4 nitrogen and oxygen atoms in total. The minimum absolute atomic E-state index is 0.159. The summed E-state index contributed by atoms with van der Waals surface area (Å²) in [7, 11) is 0. The van der Waals surface area contributed by atoms with Crippen LogP contribution in [0.5, 0.6) is 0 Å². The van der Waals surface area contributed by atoms with Crippen LogP contribution in [0.2, 0.25) is 0 Å². The van der Waals surface area contributed by atoms with E-state index in [0.717, 1.165) is 8.66 Å². The third kappa shape index (κ3) is 7.12. The minimum Gasteiger partial charge on any atom is -0.466 e. The summed E-state index contributed by atoms with van der Waals surface area (Å²) in [5, 5.41) is 2.72. The van der Waals surface area contributed by atoms with Gasteiger partial charge >= 0.3 is 5.97 Å². The molecule has 0 unspecified atom stereocenters. The predicted molar refractivity (Wildman–Crippen MR) is 79.9 cm³/mol. The fourth-order valence-corrected chi connectivity index (χ4v) is 2.64. The molecule has 0 fully saturated rings. The van der Waals surface area contributed by atoms with Crippen LogP contribution in [0.4, 0.5) is 0 Å². The number of halogens is 1. The largest absolute Gasteiger partial charge is 0.466 e. The summed E-state index contributed by atoms with van der Waals surface area (Å²) >= 11 is 4.91. The lowest BCUT2D eigenvalue weighted by Crippen LogP contribution is -2.22. The topological polar surface area (TPSA) is 55.4 Å². The fourth-order valence-electron chi connectivity index (χ4n) is 1.31. The van der Waals surface area contributed by atoms with Crippen molar-refractivity contribution in [1.29, 1.82) is 0 Å². The van der Waals surface area contributed by atoms with E-state index >= 15 is 0 Å². The lowest BCUT2D eigenvalue weighted by Gasteiger charge is -2.02. The molecule has 0 bridgehead atoms. The van der Waals surface area contributed by atoms with Crippen molar-refractivity contribution in [2.45, 2.75) is 19.8 Å². The molecule has 104 valence electrons. The van der Waals surface area contributed by atoms with E-state index in [9.17, 15) is 9.59 Å². The predicted octanol–water partition coefficient (Wildman–Crippen LogP) is 2.98. The molecule has 0 saturated carbocycles. The molecule has 1 aromatic heterocycles. The Morgan fingerprint density at radius 3 is 2.89 bits per heavy atom. The molecular weight excluding hydrogens is 330 g/mol. The number of rotatable bonds is 7. The Labute approximate surface area is 125 Å². The van der Waals surface area contributed by atoms with E-state index in [1.165, 1.54) is 6.08 Å². The van der Waals surface area contributed by atoms with Crippen molar-refractivity contribution in [2.75, 3.05) is 13.2 Å². The van der Waals surface area contributed by atoms with Gasteiger partial charge in [-0.1, -0.05) is 0 Å². The van der Waals surface area contributed by atoms with Gasteiger partial charge in [-0.25, -0.2) is 0 Å². The maximum absolute atomic E-state index is 11.5. The normalized spacial score (nSPS) is 10.6. The molecular formula is C13H16BrNO3S. The standard InChI is InChI=1S/C13H16BrNO3S/c1-2-18-13(17)4-3-9-15-12(16)8-6-10-5-7-11(14)19-10/h5-8H,2-4,9H2,1H3,(H,15,16). The molecule has 0 aliphatic carbocycles. The molecule has 1 heterocycles. The van der Waals surface area contributed by atoms with Crippen molar-refractivity contribution < 1.29 is 14.3 Å². The molecule has 19 heavy (non-hydrogen) atoms. The Bertz CT molecular complexity index is 456. The fraction of sp³-hybridized carbons (Fsp3) is 0.385. The van der Waals surface area contributed by atoms with E-state index in [1.54, 1.807) is 24.3 Å². The van der Waals surface area contributed by atoms with Gasteiger partial charge in [0.25, 0.3) is 0 Å². The third-order valence-electron chi connectivity index (χ3n) is 2.16. The van der Waals surface area contributed by atoms with Crippen LogP contribution in [0.15, 0.2) is 22.0 Å². The van der Waals surface area contributed by atoms with E-state index in [-0.39, 0.29) is 11.9 Å². The Morgan fingerprint density at radius 2 is 2.26 bits per heavy atom. The number of amides is 1. The first-order chi connectivity index (χ1) is 9.11. The number of thiophene rings is 1. The van der Waals surface area contributed by atoms with Crippen LogP contribution in [0.3, 0.4) is 0 Å². The van der Waals surface area contributed by atoms with Gasteiger partial charge in [0.05, 0.1) is 10.4 Å². The average Bonchev–Trinajstić information content (AvgIpc) is 2.78. The highest BCUT2D eigenvalue weighted by Gasteiger charge is 2.01. The van der Waals surface area contributed by atoms with Gasteiger partial charge in [-0.05, 0) is 47.5 Å². The molecule has 0 aromatic carbocycles. The summed E-state index contributed by atoms with van der Waals surface area (Å²) in [6.07, 6.45) is 4.16. The highest BCUT2D eigenvalue weighted by atomic mass is 79.9. The van der Waals surface area contributed by atoms with Crippen molar-refractivity contribution in [3.8, 4) is 0 Å². The smallest absolute Gasteiger partial charge is 0.305 e. The number of hydrogen-bond acceptors (Lipinski definition) is 4. The Hall–Kier alpha value is -1.14. The zero-order chi connectivity index (χ0) is 14.1. The minimum atomic E-state index is -0.226. The number of hydrogen-bond donors (Lipinski definition) is 1. The van der Waals surface area contributed by atoms with Crippen molar-refractivity contribution >= 4 is 45.2 Å². The Balaban J connectivity index is 2.18. The number of ether oxygens (including phenoxy) is 1. The molecule has 6 heteroatoms. The SMILES string of the molecule is CCOC(=O)CCCNC(=O)C=Cc1ccc(Br)s1. The Morgan fingerprint density at radius 1 is 1.47 bits per heavy atom. The summed E-state index contributed by atoms with van der Waals surface area (Å²) in [4.78, 5) is 23.5. The molecule has 1 aromatic rings. The van der Waals surface area contributed by atoms with Crippen LogP contribution in [0.1, 0.15) is 24.6 Å². The van der Waals surface area contributed by atoms with Crippen molar-refractivity contribution in [1.82, 2.24) is 5.32 Å². The van der Waals surface area contributed by atoms with Crippen molar-refractivity contribution in [3.63, 3.8) is 0 Å². The first-order valence-corrected chi connectivity index (χ1v) is 7.59.